The van der Waals surface area contributed by atoms with Crippen molar-refractivity contribution >= 4 is 39.9 Å². The van der Waals surface area contributed by atoms with Gasteiger partial charge < -0.3 is 10.6 Å². The number of anilines is 2. The minimum Gasteiger partial charge on any atom is -0.326 e. The van der Waals surface area contributed by atoms with E-state index in [2.05, 4.69) is 15.6 Å². The van der Waals surface area contributed by atoms with Gasteiger partial charge in [0.25, 0.3) is 11.2 Å². The molecule has 0 atom stereocenters. The fourth-order valence-electron chi connectivity index (χ4n) is 3.72. The van der Waals surface area contributed by atoms with Crippen molar-refractivity contribution < 1.29 is 14.5 Å². The number of hydrogen-bond acceptors (Lipinski definition) is 6. The third kappa shape index (κ3) is 5.06. The molecule has 0 saturated carbocycles. The number of aryl methyl sites for hydroxylation is 1. The van der Waals surface area contributed by atoms with Crippen LogP contribution in [0.2, 0.25) is 0 Å². The van der Waals surface area contributed by atoms with Gasteiger partial charge in [0.1, 0.15) is 12.2 Å². The van der Waals surface area contributed by atoms with Crippen molar-refractivity contribution in [3.05, 3.63) is 92.8 Å². The van der Waals surface area contributed by atoms with Gasteiger partial charge in [0, 0.05) is 30.3 Å². The molecule has 35 heavy (non-hydrogen) atoms. The van der Waals surface area contributed by atoms with Crippen LogP contribution in [0.5, 0.6) is 0 Å². The number of benzene rings is 3. The Bertz CT molecular complexity index is 1540. The zero-order valence-corrected chi connectivity index (χ0v) is 18.9. The summed E-state index contributed by atoms with van der Waals surface area (Å²) < 4.78 is 1.30. The van der Waals surface area contributed by atoms with Crippen molar-refractivity contribution in [1.82, 2.24) is 9.55 Å². The van der Waals surface area contributed by atoms with Gasteiger partial charge in [-0.05, 0) is 37.3 Å². The van der Waals surface area contributed by atoms with E-state index in [9.17, 15) is 24.5 Å². The lowest BCUT2D eigenvalue weighted by Crippen LogP contribution is -2.30. The van der Waals surface area contributed by atoms with E-state index in [1.165, 1.54) is 35.8 Å². The Morgan fingerprint density at radius 1 is 1.03 bits per heavy atom. The standard InChI is InChI=1S/C25H21N5O5/c1-15-10-11-20(26-16(2)31)19(12-15)24-25(33)29(22-9-4-3-8-21(22)28-24)14-23(32)27-17-6-5-7-18(13-17)30(34)35/h3-13H,14H2,1-2H3,(H,26,31)(H,27,32). The summed E-state index contributed by atoms with van der Waals surface area (Å²) in [5.74, 6) is -0.839. The normalized spacial score (nSPS) is 10.7. The average Bonchev–Trinajstić information content (AvgIpc) is 2.82. The second kappa shape index (κ2) is 9.56. The molecule has 0 bridgehead atoms. The molecule has 4 aromatic rings. The van der Waals surface area contributed by atoms with Crippen LogP contribution in [-0.4, -0.2) is 26.3 Å². The maximum absolute atomic E-state index is 13.6. The van der Waals surface area contributed by atoms with Gasteiger partial charge in [-0.2, -0.15) is 0 Å². The van der Waals surface area contributed by atoms with E-state index in [4.69, 9.17) is 0 Å². The minimum atomic E-state index is -0.558. The summed E-state index contributed by atoms with van der Waals surface area (Å²) in [4.78, 5) is 53.2. The first-order chi connectivity index (χ1) is 16.7. The number of carbonyl (C=O) groups excluding carboxylic acids is 2. The van der Waals surface area contributed by atoms with E-state index in [1.54, 1.807) is 42.5 Å². The van der Waals surface area contributed by atoms with Crippen molar-refractivity contribution in [3.8, 4) is 11.3 Å². The van der Waals surface area contributed by atoms with E-state index < -0.39 is 16.4 Å². The molecule has 3 aromatic carbocycles. The van der Waals surface area contributed by atoms with Gasteiger partial charge in [0.2, 0.25) is 11.8 Å². The first kappa shape index (κ1) is 23.3. The highest BCUT2D eigenvalue weighted by molar-refractivity contribution is 5.95. The van der Waals surface area contributed by atoms with Crippen LogP contribution < -0.4 is 16.2 Å². The molecule has 176 valence electrons. The fraction of sp³-hybridized carbons (Fsp3) is 0.120. The quantitative estimate of drug-likeness (QED) is 0.324. The van der Waals surface area contributed by atoms with Crippen LogP contribution in [0, 0.1) is 17.0 Å². The maximum Gasteiger partial charge on any atom is 0.278 e. The van der Waals surface area contributed by atoms with Crippen molar-refractivity contribution in [1.29, 1.82) is 0 Å². The van der Waals surface area contributed by atoms with Gasteiger partial charge in [-0.25, -0.2) is 4.98 Å². The Labute approximate surface area is 199 Å². The lowest BCUT2D eigenvalue weighted by Gasteiger charge is -2.15. The summed E-state index contributed by atoms with van der Waals surface area (Å²) in [6.07, 6.45) is 0. The molecule has 0 aliphatic heterocycles. The molecular weight excluding hydrogens is 450 g/mol. The summed E-state index contributed by atoms with van der Waals surface area (Å²) in [6, 6.07) is 17.7. The average molecular weight is 471 g/mol. The topological polar surface area (TPSA) is 136 Å². The third-order valence-corrected chi connectivity index (χ3v) is 5.24. The number of carbonyl (C=O) groups is 2. The minimum absolute atomic E-state index is 0.0827. The highest BCUT2D eigenvalue weighted by Crippen LogP contribution is 2.27. The molecule has 10 heteroatoms. The van der Waals surface area contributed by atoms with E-state index in [1.807, 2.05) is 6.92 Å². The molecule has 2 amide bonds. The number of non-ortho nitro benzene ring substituents is 1. The maximum atomic E-state index is 13.6. The Morgan fingerprint density at radius 2 is 1.80 bits per heavy atom. The molecule has 0 spiro atoms. The number of hydrogen-bond donors (Lipinski definition) is 2. The summed E-state index contributed by atoms with van der Waals surface area (Å²) in [5, 5.41) is 16.3. The van der Waals surface area contributed by atoms with Crippen molar-refractivity contribution in [3.63, 3.8) is 0 Å². The van der Waals surface area contributed by atoms with Crippen LogP contribution in [0.15, 0.2) is 71.5 Å². The number of amides is 2. The molecule has 0 radical (unpaired) electrons. The number of nitro groups is 1. The van der Waals surface area contributed by atoms with Crippen molar-refractivity contribution in [2.45, 2.75) is 20.4 Å². The molecule has 0 fully saturated rings. The number of para-hydroxylation sites is 2. The molecule has 2 N–H and O–H groups in total. The van der Waals surface area contributed by atoms with Gasteiger partial charge in [0.15, 0.2) is 0 Å². The van der Waals surface area contributed by atoms with Gasteiger partial charge in [-0.15, -0.1) is 0 Å². The number of nitrogens with one attached hydrogen (secondary N) is 2. The first-order valence-corrected chi connectivity index (χ1v) is 10.7. The van der Waals surface area contributed by atoms with Crippen LogP contribution in [0.1, 0.15) is 12.5 Å². The lowest BCUT2D eigenvalue weighted by atomic mass is 10.1. The Kier molecular flexibility index (Phi) is 6.36. The van der Waals surface area contributed by atoms with Gasteiger partial charge in [0.05, 0.1) is 21.6 Å². The molecule has 10 nitrogen and oxygen atoms in total. The van der Waals surface area contributed by atoms with E-state index >= 15 is 0 Å². The number of rotatable bonds is 6. The lowest BCUT2D eigenvalue weighted by molar-refractivity contribution is -0.384. The number of fused-ring (bicyclic) bond motifs is 1. The summed E-state index contributed by atoms with van der Waals surface area (Å²) in [7, 11) is 0. The van der Waals surface area contributed by atoms with Crippen LogP contribution in [0.3, 0.4) is 0 Å². The van der Waals surface area contributed by atoms with Gasteiger partial charge in [-0.3, -0.25) is 29.1 Å². The predicted molar refractivity (Wildman–Crippen MR) is 132 cm³/mol. The molecule has 0 saturated heterocycles. The van der Waals surface area contributed by atoms with Gasteiger partial charge in [-0.1, -0.05) is 29.8 Å². The molecule has 1 aromatic heterocycles. The number of nitrogens with zero attached hydrogens (tertiary/aromatic N) is 3. The van der Waals surface area contributed by atoms with E-state index in [0.717, 1.165) is 5.56 Å². The Hall–Kier alpha value is -4.86. The second-order valence-electron chi connectivity index (χ2n) is 7.93. The van der Waals surface area contributed by atoms with Crippen LogP contribution in [-0.2, 0) is 16.1 Å². The van der Waals surface area contributed by atoms with Crippen LogP contribution in [0.4, 0.5) is 17.1 Å². The molecule has 4 rings (SSSR count). The van der Waals surface area contributed by atoms with Crippen LogP contribution >= 0.6 is 0 Å². The zero-order valence-electron chi connectivity index (χ0n) is 18.9. The molecule has 0 unspecified atom stereocenters. The van der Waals surface area contributed by atoms with Crippen LogP contribution in [0.25, 0.3) is 22.3 Å². The SMILES string of the molecule is CC(=O)Nc1ccc(C)cc1-c1nc2ccccc2n(CC(=O)Nc2cccc([N+](=O)[O-])c2)c1=O. The van der Waals surface area contributed by atoms with E-state index in [-0.39, 0.29) is 29.5 Å². The number of nitro benzene ring substituents is 1. The number of aromatic nitrogens is 2. The molecule has 0 aliphatic rings. The summed E-state index contributed by atoms with van der Waals surface area (Å²) in [5.41, 5.74) is 2.29. The molecular formula is C25H21N5O5. The van der Waals surface area contributed by atoms with Gasteiger partial charge >= 0.3 is 0 Å². The first-order valence-electron chi connectivity index (χ1n) is 10.7. The third-order valence-electron chi connectivity index (χ3n) is 5.24. The monoisotopic (exact) mass is 471 g/mol. The predicted octanol–water partition coefficient (Wildman–Crippen LogP) is 3.88. The fourth-order valence-corrected chi connectivity index (χ4v) is 3.72. The Morgan fingerprint density at radius 3 is 2.54 bits per heavy atom. The highest BCUT2D eigenvalue weighted by Gasteiger charge is 2.18. The summed E-state index contributed by atoms with van der Waals surface area (Å²) in [6.45, 7) is 2.87. The van der Waals surface area contributed by atoms with E-state index in [0.29, 0.717) is 22.3 Å². The molecule has 0 aliphatic carbocycles. The summed E-state index contributed by atoms with van der Waals surface area (Å²) >= 11 is 0. The van der Waals surface area contributed by atoms with Crippen molar-refractivity contribution in [2.24, 2.45) is 0 Å². The zero-order chi connectivity index (χ0) is 25.1. The van der Waals surface area contributed by atoms with Crippen molar-refractivity contribution in [2.75, 3.05) is 10.6 Å². The second-order valence-corrected chi connectivity index (χ2v) is 7.93. The largest absolute Gasteiger partial charge is 0.326 e. The Balaban J connectivity index is 1.79. The smallest absolute Gasteiger partial charge is 0.278 e. The molecule has 1 heterocycles. The highest BCUT2D eigenvalue weighted by atomic mass is 16.6.